The van der Waals surface area contributed by atoms with Crippen molar-refractivity contribution in [2.75, 3.05) is 18.4 Å². The second kappa shape index (κ2) is 9.56. The van der Waals surface area contributed by atoms with Crippen LogP contribution in [0.25, 0.3) is 10.8 Å². The van der Waals surface area contributed by atoms with Crippen molar-refractivity contribution in [3.63, 3.8) is 0 Å². The Morgan fingerprint density at radius 3 is 2.35 bits per heavy atom. The summed E-state index contributed by atoms with van der Waals surface area (Å²) in [6.45, 7) is 6.41. The van der Waals surface area contributed by atoms with Gasteiger partial charge in [-0.3, -0.25) is 9.59 Å². The van der Waals surface area contributed by atoms with E-state index in [2.05, 4.69) is 10.6 Å². The Balaban J connectivity index is 1.78. The predicted molar refractivity (Wildman–Crippen MR) is 133 cm³/mol. The summed E-state index contributed by atoms with van der Waals surface area (Å²) in [5.74, 6) is -0.779. The molecule has 0 spiro atoms. The highest BCUT2D eigenvalue weighted by Gasteiger charge is 2.38. The lowest BCUT2D eigenvalue weighted by molar-refractivity contribution is -0.126. The molecular formula is C26H29N3O4S. The lowest BCUT2D eigenvalue weighted by Crippen LogP contribution is -2.52. The zero-order valence-electron chi connectivity index (χ0n) is 19.5. The summed E-state index contributed by atoms with van der Waals surface area (Å²) < 4.78 is 28.7. The molecular weight excluding hydrogens is 450 g/mol. The fourth-order valence-corrected chi connectivity index (χ4v) is 6.57. The Morgan fingerprint density at radius 1 is 1.00 bits per heavy atom. The molecule has 2 unspecified atom stereocenters. The third-order valence-electron chi connectivity index (χ3n) is 6.41. The normalized spacial score (nSPS) is 18.4. The molecule has 0 saturated carbocycles. The summed E-state index contributed by atoms with van der Waals surface area (Å²) in [7, 11) is -4.12. The molecule has 0 bridgehead atoms. The van der Waals surface area contributed by atoms with Gasteiger partial charge in [-0.05, 0) is 56.1 Å². The second-order valence-electron chi connectivity index (χ2n) is 8.78. The number of rotatable bonds is 5. The Bertz CT molecular complexity index is 1350. The summed E-state index contributed by atoms with van der Waals surface area (Å²) in [6.07, 6.45) is 0.558. The maximum absolute atomic E-state index is 13.8. The van der Waals surface area contributed by atoms with Crippen LogP contribution in [-0.2, 0) is 14.8 Å². The van der Waals surface area contributed by atoms with Gasteiger partial charge in [0.1, 0.15) is 0 Å². The Kier molecular flexibility index (Phi) is 6.72. The molecule has 0 aliphatic carbocycles. The zero-order chi connectivity index (χ0) is 24.5. The monoisotopic (exact) mass is 479 g/mol. The van der Waals surface area contributed by atoms with Gasteiger partial charge in [-0.25, -0.2) is 12.7 Å². The number of benzene rings is 3. The highest BCUT2D eigenvalue weighted by molar-refractivity contribution is 7.90. The zero-order valence-corrected chi connectivity index (χ0v) is 20.4. The first-order valence-electron chi connectivity index (χ1n) is 11.4. The van der Waals surface area contributed by atoms with Crippen LogP contribution in [0.5, 0.6) is 0 Å². The highest BCUT2D eigenvalue weighted by Crippen LogP contribution is 2.34. The highest BCUT2D eigenvalue weighted by atomic mass is 32.2. The number of nitrogens with one attached hydrogen (secondary N) is 2. The smallest absolute Gasteiger partial charge is 0.267 e. The summed E-state index contributed by atoms with van der Waals surface area (Å²) >= 11 is 0. The maximum Gasteiger partial charge on any atom is 0.267 e. The van der Waals surface area contributed by atoms with Gasteiger partial charge in [0.05, 0.1) is 10.9 Å². The quantitative estimate of drug-likeness (QED) is 0.578. The van der Waals surface area contributed by atoms with Gasteiger partial charge in [0.15, 0.2) is 0 Å². The number of hydrogen-bond donors (Lipinski definition) is 2. The Labute approximate surface area is 200 Å². The second-order valence-corrected chi connectivity index (χ2v) is 10.6. The van der Waals surface area contributed by atoms with Gasteiger partial charge in [0.25, 0.3) is 15.9 Å². The van der Waals surface area contributed by atoms with Crippen molar-refractivity contribution in [2.45, 2.75) is 38.1 Å². The molecule has 3 aromatic rings. The molecule has 7 nitrogen and oxygen atoms in total. The number of sulfonamides is 1. The summed E-state index contributed by atoms with van der Waals surface area (Å²) in [5, 5.41) is 7.22. The third-order valence-corrected chi connectivity index (χ3v) is 8.37. The molecule has 34 heavy (non-hydrogen) atoms. The van der Waals surface area contributed by atoms with Crippen molar-refractivity contribution in [3.05, 3.63) is 71.8 Å². The van der Waals surface area contributed by atoms with Crippen LogP contribution in [0.15, 0.2) is 65.6 Å². The van der Waals surface area contributed by atoms with Crippen LogP contribution in [0.4, 0.5) is 5.69 Å². The van der Waals surface area contributed by atoms with E-state index in [9.17, 15) is 18.0 Å². The van der Waals surface area contributed by atoms with Crippen LogP contribution in [0, 0.1) is 12.8 Å². The number of nitrogens with zero attached hydrogens (tertiary/aromatic N) is 1. The fourth-order valence-electron chi connectivity index (χ4n) is 4.66. The fraction of sp³-hybridized carbons (Fsp3) is 0.308. The average molecular weight is 480 g/mol. The van der Waals surface area contributed by atoms with Crippen molar-refractivity contribution in [1.29, 1.82) is 0 Å². The molecule has 2 atom stereocenters. The van der Waals surface area contributed by atoms with Gasteiger partial charge >= 0.3 is 0 Å². The van der Waals surface area contributed by atoms with E-state index >= 15 is 0 Å². The number of hydrogen-bond acceptors (Lipinski definition) is 5. The Hall–Kier alpha value is -3.23. The molecule has 178 valence electrons. The van der Waals surface area contributed by atoms with Crippen LogP contribution >= 0.6 is 0 Å². The molecule has 3 aromatic carbocycles. The van der Waals surface area contributed by atoms with E-state index in [4.69, 9.17) is 0 Å². The number of fused-ring (bicyclic) bond motifs is 1. The summed E-state index contributed by atoms with van der Waals surface area (Å²) in [6, 6.07) is 16.9. The first-order valence-corrected chi connectivity index (χ1v) is 12.8. The van der Waals surface area contributed by atoms with Gasteiger partial charge in [-0.1, -0.05) is 49.4 Å². The first-order chi connectivity index (χ1) is 16.2. The maximum atomic E-state index is 13.8. The minimum atomic E-state index is -4.12. The number of carbonyl (C=O) groups excluding carboxylic acids is 2. The largest absolute Gasteiger partial charge is 0.321 e. The van der Waals surface area contributed by atoms with Crippen LogP contribution in [0.2, 0.25) is 0 Å². The van der Waals surface area contributed by atoms with Crippen LogP contribution in [0.1, 0.15) is 36.2 Å². The molecule has 8 heteroatoms. The first kappa shape index (κ1) is 23.9. The van der Waals surface area contributed by atoms with Gasteiger partial charge < -0.3 is 10.6 Å². The van der Waals surface area contributed by atoms with Crippen molar-refractivity contribution in [2.24, 2.45) is 5.92 Å². The minimum Gasteiger partial charge on any atom is -0.321 e. The molecule has 0 aromatic heterocycles. The van der Waals surface area contributed by atoms with Crippen LogP contribution < -0.4 is 10.6 Å². The number of amides is 2. The topological polar surface area (TPSA) is 95.6 Å². The van der Waals surface area contributed by atoms with Gasteiger partial charge in [0.2, 0.25) is 5.91 Å². The van der Waals surface area contributed by atoms with Crippen LogP contribution in [0.3, 0.4) is 0 Å². The van der Waals surface area contributed by atoms with E-state index in [1.54, 1.807) is 42.5 Å². The van der Waals surface area contributed by atoms with E-state index in [1.807, 2.05) is 26.0 Å². The van der Waals surface area contributed by atoms with Crippen molar-refractivity contribution < 1.29 is 18.0 Å². The minimum absolute atomic E-state index is 0.00800. The number of anilines is 1. The average Bonchev–Trinajstić information content (AvgIpc) is 2.80. The van der Waals surface area contributed by atoms with E-state index in [1.165, 1.54) is 13.0 Å². The molecule has 2 N–H and O–H groups in total. The summed E-state index contributed by atoms with van der Waals surface area (Å²) in [4.78, 5) is 25.6. The van der Waals surface area contributed by atoms with Gasteiger partial charge in [0, 0.05) is 28.9 Å². The Morgan fingerprint density at radius 2 is 1.68 bits per heavy atom. The van der Waals surface area contributed by atoms with Crippen molar-refractivity contribution in [3.8, 4) is 0 Å². The lowest BCUT2D eigenvalue weighted by Gasteiger charge is -2.37. The summed E-state index contributed by atoms with van der Waals surface area (Å²) in [5.41, 5.74) is 1.90. The van der Waals surface area contributed by atoms with E-state index in [0.717, 1.165) is 9.87 Å². The lowest BCUT2D eigenvalue weighted by atomic mass is 9.95. The molecule has 1 saturated heterocycles. The van der Waals surface area contributed by atoms with E-state index < -0.39 is 22.0 Å². The van der Waals surface area contributed by atoms with E-state index in [0.29, 0.717) is 41.5 Å². The standard InChI is InChI=1S/C26H29N3O4S/c1-17-8-4-5-9-20(17)26(31)28-23-12-13-25(22-11-7-6-10-21(22)23)34(32,33)29(19(3)30)24-14-15-27-16-18(24)2/h4-13,18,24,27H,14-16H2,1-3H3,(H,28,31). The molecule has 0 radical (unpaired) electrons. The molecule has 1 fully saturated rings. The predicted octanol–water partition coefficient (Wildman–Crippen LogP) is 3.94. The SMILES string of the molecule is CC(=O)N(C1CCNCC1C)S(=O)(=O)c1ccc(NC(=O)c2ccccc2C)c2ccccc12. The number of carbonyl (C=O) groups is 2. The van der Waals surface area contributed by atoms with Gasteiger partial charge in [-0.15, -0.1) is 0 Å². The third kappa shape index (κ3) is 4.43. The molecule has 4 rings (SSSR count). The van der Waals surface area contributed by atoms with E-state index in [-0.39, 0.29) is 16.7 Å². The van der Waals surface area contributed by atoms with Crippen molar-refractivity contribution >= 4 is 38.3 Å². The number of aryl methyl sites for hydroxylation is 1. The van der Waals surface area contributed by atoms with Crippen LogP contribution in [-0.4, -0.2) is 43.7 Å². The molecule has 1 aliphatic heterocycles. The molecule has 1 aliphatic rings. The molecule has 2 amide bonds. The van der Waals surface area contributed by atoms with Gasteiger partial charge in [-0.2, -0.15) is 0 Å². The van der Waals surface area contributed by atoms with Crippen molar-refractivity contribution in [1.82, 2.24) is 9.62 Å². The number of piperidine rings is 1. The molecule has 1 heterocycles.